The normalized spacial score (nSPS) is 20.1. The zero-order chi connectivity index (χ0) is 11.8. The molecule has 16 heavy (non-hydrogen) atoms. The summed E-state index contributed by atoms with van der Waals surface area (Å²) < 4.78 is 0. The van der Waals surface area contributed by atoms with Gasteiger partial charge >= 0.3 is 0 Å². The summed E-state index contributed by atoms with van der Waals surface area (Å²) in [4.78, 5) is 2.47. The van der Waals surface area contributed by atoms with Crippen LogP contribution in [-0.2, 0) is 6.54 Å². The first-order valence-electron chi connectivity index (χ1n) is 5.81. The van der Waals surface area contributed by atoms with Gasteiger partial charge in [0.15, 0.2) is 0 Å². The van der Waals surface area contributed by atoms with Crippen molar-refractivity contribution in [3.05, 3.63) is 23.8 Å². The third kappa shape index (κ3) is 2.14. The molecule has 2 rings (SSSR count). The number of rotatable bonds is 2. The predicted octanol–water partition coefficient (Wildman–Crippen LogP) is 2.35. The minimum atomic E-state index is 0.171. The lowest BCUT2D eigenvalue weighted by Gasteiger charge is -2.31. The Morgan fingerprint density at radius 1 is 1.44 bits per heavy atom. The van der Waals surface area contributed by atoms with Crippen molar-refractivity contribution in [1.82, 2.24) is 4.90 Å². The van der Waals surface area contributed by atoms with Crippen LogP contribution in [0, 0.1) is 0 Å². The molecule has 0 aromatic heterocycles. The Balaban J connectivity index is 2.12. The number of phenols is 1. The zero-order valence-electron chi connectivity index (χ0n) is 10.0. The van der Waals surface area contributed by atoms with E-state index in [1.807, 2.05) is 12.1 Å². The maximum absolute atomic E-state index is 9.37. The minimum absolute atomic E-state index is 0.171. The fraction of sp³-hybridized carbons (Fsp3) is 0.538. The molecule has 0 bridgehead atoms. The summed E-state index contributed by atoms with van der Waals surface area (Å²) in [5.41, 5.74) is 7.62. The first-order valence-corrected chi connectivity index (χ1v) is 5.81. The quantitative estimate of drug-likeness (QED) is 0.594. The maximum Gasteiger partial charge on any atom is 0.138 e. The third-order valence-electron chi connectivity index (χ3n) is 3.54. The number of phenolic OH excluding ortho intramolecular Hbond substituents is 1. The van der Waals surface area contributed by atoms with Crippen LogP contribution >= 0.6 is 0 Å². The number of nitrogens with two attached hydrogens (primary N) is 1. The molecule has 1 aliphatic rings. The standard InChI is InChI=1S/C13H20N2O/c1-13(2)6-3-7-15(13)9-10-4-5-12(16)11(14)8-10/h4-5,8,16H,3,6-7,9,14H2,1-2H3. The van der Waals surface area contributed by atoms with E-state index in [1.54, 1.807) is 6.07 Å². The second-order valence-electron chi connectivity index (χ2n) is 5.23. The molecule has 3 N–H and O–H groups in total. The van der Waals surface area contributed by atoms with Crippen molar-refractivity contribution >= 4 is 5.69 Å². The van der Waals surface area contributed by atoms with Gasteiger partial charge in [0.25, 0.3) is 0 Å². The molecule has 88 valence electrons. The van der Waals surface area contributed by atoms with E-state index < -0.39 is 0 Å². The van der Waals surface area contributed by atoms with Crippen LogP contribution < -0.4 is 5.73 Å². The van der Waals surface area contributed by atoms with Crippen molar-refractivity contribution < 1.29 is 5.11 Å². The Kier molecular flexibility index (Phi) is 2.80. The molecule has 1 saturated heterocycles. The highest BCUT2D eigenvalue weighted by molar-refractivity contribution is 5.53. The second-order valence-corrected chi connectivity index (χ2v) is 5.23. The molecule has 0 saturated carbocycles. The van der Waals surface area contributed by atoms with Crippen LogP contribution in [0.5, 0.6) is 5.75 Å². The van der Waals surface area contributed by atoms with Crippen molar-refractivity contribution in [3.8, 4) is 5.75 Å². The molecule has 3 heteroatoms. The summed E-state index contributed by atoms with van der Waals surface area (Å²) in [6.45, 7) is 6.62. The molecular weight excluding hydrogens is 200 g/mol. The van der Waals surface area contributed by atoms with E-state index in [0.29, 0.717) is 5.69 Å². The van der Waals surface area contributed by atoms with Gasteiger partial charge in [0, 0.05) is 12.1 Å². The SMILES string of the molecule is CC1(C)CCCN1Cc1ccc(O)c(N)c1. The summed E-state index contributed by atoms with van der Waals surface area (Å²) in [5, 5.41) is 9.37. The number of hydrogen-bond donors (Lipinski definition) is 2. The number of nitrogen functional groups attached to an aromatic ring is 1. The molecule has 0 atom stereocenters. The lowest BCUT2D eigenvalue weighted by Crippen LogP contribution is -2.37. The molecule has 3 nitrogen and oxygen atoms in total. The van der Waals surface area contributed by atoms with Gasteiger partial charge in [-0.15, -0.1) is 0 Å². The second kappa shape index (κ2) is 3.98. The lowest BCUT2D eigenvalue weighted by atomic mass is 10.0. The molecule has 0 unspecified atom stereocenters. The number of benzene rings is 1. The van der Waals surface area contributed by atoms with E-state index in [1.165, 1.54) is 18.4 Å². The average Bonchev–Trinajstić information content (AvgIpc) is 2.52. The summed E-state index contributed by atoms with van der Waals surface area (Å²) in [6.07, 6.45) is 2.52. The molecule has 0 spiro atoms. The summed E-state index contributed by atoms with van der Waals surface area (Å²) in [5.74, 6) is 0.171. The fourth-order valence-corrected chi connectivity index (χ4v) is 2.38. The summed E-state index contributed by atoms with van der Waals surface area (Å²) >= 11 is 0. The Morgan fingerprint density at radius 2 is 2.19 bits per heavy atom. The number of anilines is 1. The van der Waals surface area contributed by atoms with Crippen molar-refractivity contribution in [3.63, 3.8) is 0 Å². The van der Waals surface area contributed by atoms with E-state index in [9.17, 15) is 5.11 Å². The molecule has 1 aromatic carbocycles. The van der Waals surface area contributed by atoms with Gasteiger partial charge in [-0.1, -0.05) is 6.07 Å². The average molecular weight is 220 g/mol. The monoisotopic (exact) mass is 220 g/mol. The lowest BCUT2D eigenvalue weighted by molar-refractivity contribution is 0.166. The smallest absolute Gasteiger partial charge is 0.138 e. The molecule has 1 fully saturated rings. The van der Waals surface area contributed by atoms with Crippen molar-refractivity contribution in [2.24, 2.45) is 0 Å². The highest BCUT2D eigenvalue weighted by atomic mass is 16.3. The molecule has 0 aliphatic carbocycles. The van der Waals surface area contributed by atoms with Gasteiger partial charge in [0.1, 0.15) is 5.75 Å². The van der Waals surface area contributed by atoms with Crippen LogP contribution in [0.15, 0.2) is 18.2 Å². The van der Waals surface area contributed by atoms with Gasteiger partial charge in [-0.25, -0.2) is 0 Å². The van der Waals surface area contributed by atoms with Crippen LogP contribution in [-0.4, -0.2) is 22.1 Å². The van der Waals surface area contributed by atoms with Crippen molar-refractivity contribution in [2.75, 3.05) is 12.3 Å². The first kappa shape index (κ1) is 11.3. The van der Waals surface area contributed by atoms with Crippen molar-refractivity contribution in [1.29, 1.82) is 0 Å². The van der Waals surface area contributed by atoms with Gasteiger partial charge in [-0.2, -0.15) is 0 Å². The summed E-state index contributed by atoms with van der Waals surface area (Å²) in [7, 11) is 0. The highest BCUT2D eigenvalue weighted by Crippen LogP contribution is 2.30. The number of aromatic hydroxyl groups is 1. The molecule has 0 radical (unpaired) electrons. The van der Waals surface area contributed by atoms with E-state index >= 15 is 0 Å². The van der Waals surface area contributed by atoms with Gasteiger partial charge in [-0.3, -0.25) is 4.90 Å². The number of likely N-dealkylation sites (tertiary alicyclic amines) is 1. The molecule has 1 aliphatic heterocycles. The maximum atomic E-state index is 9.37. The molecule has 1 aromatic rings. The first-order chi connectivity index (χ1) is 7.49. The number of hydrogen-bond acceptors (Lipinski definition) is 3. The van der Waals surface area contributed by atoms with Crippen LogP contribution in [0.25, 0.3) is 0 Å². The van der Waals surface area contributed by atoms with Gasteiger partial charge < -0.3 is 10.8 Å². The Bertz CT molecular complexity index is 388. The third-order valence-corrected chi connectivity index (χ3v) is 3.54. The zero-order valence-corrected chi connectivity index (χ0v) is 10.0. The van der Waals surface area contributed by atoms with E-state index in [4.69, 9.17) is 5.73 Å². The number of nitrogens with zero attached hydrogens (tertiary/aromatic N) is 1. The largest absolute Gasteiger partial charge is 0.506 e. The van der Waals surface area contributed by atoms with Crippen LogP contribution in [0.2, 0.25) is 0 Å². The highest BCUT2D eigenvalue weighted by Gasteiger charge is 2.31. The van der Waals surface area contributed by atoms with E-state index in [2.05, 4.69) is 18.7 Å². The fourth-order valence-electron chi connectivity index (χ4n) is 2.38. The van der Waals surface area contributed by atoms with Crippen LogP contribution in [0.3, 0.4) is 0 Å². The molecular formula is C13H20N2O. The summed E-state index contributed by atoms with van der Waals surface area (Å²) in [6, 6.07) is 5.48. The minimum Gasteiger partial charge on any atom is -0.506 e. The van der Waals surface area contributed by atoms with Crippen molar-refractivity contribution in [2.45, 2.75) is 38.8 Å². The Morgan fingerprint density at radius 3 is 2.75 bits per heavy atom. The van der Waals surface area contributed by atoms with Gasteiger partial charge in [0.2, 0.25) is 0 Å². The van der Waals surface area contributed by atoms with E-state index in [0.717, 1.165) is 13.1 Å². The Hall–Kier alpha value is -1.22. The molecule has 1 heterocycles. The topological polar surface area (TPSA) is 49.5 Å². The Labute approximate surface area is 96.9 Å². The van der Waals surface area contributed by atoms with Gasteiger partial charge in [0.05, 0.1) is 5.69 Å². The van der Waals surface area contributed by atoms with Crippen LogP contribution in [0.4, 0.5) is 5.69 Å². The van der Waals surface area contributed by atoms with Crippen LogP contribution in [0.1, 0.15) is 32.3 Å². The molecule has 0 amide bonds. The predicted molar refractivity (Wildman–Crippen MR) is 66.2 cm³/mol. The van der Waals surface area contributed by atoms with Gasteiger partial charge in [-0.05, 0) is 50.9 Å². The van der Waals surface area contributed by atoms with E-state index in [-0.39, 0.29) is 11.3 Å².